The van der Waals surface area contributed by atoms with Crippen LogP contribution >= 0.6 is 0 Å². The zero-order valence-electron chi connectivity index (χ0n) is 13.2. The van der Waals surface area contributed by atoms with Gasteiger partial charge in [-0.05, 0) is 44.1 Å². The molecule has 1 aromatic rings. The maximum Gasteiger partial charge on any atom is 0.338 e. The third-order valence-corrected chi connectivity index (χ3v) is 3.20. The van der Waals surface area contributed by atoms with Gasteiger partial charge in [0.15, 0.2) is 0 Å². The Hall–Kier alpha value is -1.46. The molecule has 4 nitrogen and oxygen atoms in total. The van der Waals surface area contributed by atoms with E-state index in [1.54, 1.807) is 6.07 Å². The van der Waals surface area contributed by atoms with Crippen LogP contribution in [0.2, 0.25) is 0 Å². The molecule has 0 saturated carbocycles. The van der Waals surface area contributed by atoms with Gasteiger partial charge < -0.3 is 15.3 Å². The predicted octanol–water partition coefficient (Wildman–Crippen LogP) is 2.59. The number of halogens is 1. The van der Waals surface area contributed by atoms with Crippen LogP contribution in [0, 0.1) is 11.7 Å². The summed E-state index contributed by atoms with van der Waals surface area (Å²) >= 11 is 0. The molecular weight excluding hydrogens is 271 g/mol. The summed E-state index contributed by atoms with van der Waals surface area (Å²) in [6, 6.07) is 4.58. The molecule has 5 heteroatoms. The fourth-order valence-electron chi connectivity index (χ4n) is 2.34. The van der Waals surface area contributed by atoms with E-state index in [1.165, 1.54) is 12.1 Å². The molecule has 21 heavy (non-hydrogen) atoms. The Labute approximate surface area is 126 Å². The van der Waals surface area contributed by atoms with Gasteiger partial charge in [-0.25, -0.2) is 9.18 Å². The number of likely N-dealkylation sites (N-methyl/N-ethyl adjacent to an activating group) is 1. The van der Waals surface area contributed by atoms with E-state index in [9.17, 15) is 9.18 Å². The molecule has 0 fully saturated rings. The van der Waals surface area contributed by atoms with E-state index in [4.69, 9.17) is 5.11 Å². The van der Waals surface area contributed by atoms with Gasteiger partial charge in [-0.3, -0.25) is 0 Å². The molecule has 0 amide bonds. The standard InChI is InChI=1S/C16H25FN2O2/c1-11(2)7-13(10-19(3)4)18-9-12-5-6-14(16(20)21)15(17)8-12/h5-6,8,11,13,18H,7,9-10H2,1-4H3,(H,20,21). The van der Waals surface area contributed by atoms with Crippen LogP contribution in [0.25, 0.3) is 0 Å². The molecule has 0 aromatic heterocycles. The molecule has 0 spiro atoms. The molecule has 1 aromatic carbocycles. The molecular formula is C16H25FN2O2. The van der Waals surface area contributed by atoms with E-state index in [2.05, 4.69) is 24.1 Å². The first-order chi connectivity index (χ1) is 9.79. The molecule has 0 radical (unpaired) electrons. The van der Waals surface area contributed by atoms with Crippen LogP contribution in [0.15, 0.2) is 18.2 Å². The number of aromatic carboxylic acids is 1. The zero-order valence-corrected chi connectivity index (χ0v) is 13.2. The summed E-state index contributed by atoms with van der Waals surface area (Å²) in [5, 5.41) is 12.2. The van der Waals surface area contributed by atoms with Crippen LogP contribution in [0.5, 0.6) is 0 Å². The molecule has 118 valence electrons. The molecule has 1 atom stereocenters. The molecule has 1 unspecified atom stereocenters. The maximum absolute atomic E-state index is 13.6. The second kappa shape index (κ2) is 8.10. The summed E-state index contributed by atoms with van der Waals surface area (Å²) < 4.78 is 13.6. The van der Waals surface area contributed by atoms with E-state index >= 15 is 0 Å². The zero-order chi connectivity index (χ0) is 16.0. The summed E-state index contributed by atoms with van der Waals surface area (Å²) in [6.07, 6.45) is 1.04. The topological polar surface area (TPSA) is 52.6 Å². The van der Waals surface area contributed by atoms with Gasteiger partial charge in [-0.2, -0.15) is 0 Å². The van der Waals surface area contributed by atoms with Gasteiger partial charge >= 0.3 is 5.97 Å². The van der Waals surface area contributed by atoms with Crippen molar-refractivity contribution in [1.82, 2.24) is 10.2 Å². The van der Waals surface area contributed by atoms with Gasteiger partial charge in [-0.15, -0.1) is 0 Å². The number of hydrogen-bond acceptors (Lipinski definition) is 3. The first-order valence-electron chi connectivity index (χ1n) is 7.19. The summed E-state index contributed by atoms with van der Waals surface area (Å²) in [4.78, 5) is 12.9. The van der Waals surface area contributed by atoms with Crippen molar-refractivity contribution in [1.29, 1.82) is 0 Å². The Balaban J connectivity index is 2.66. The number of rotatable bonds is 8. The van der Waals surface area contributed by atoms with Gasteiger partial charge in [0.05, 0.1) is 5.56 Å². The SMILES string of the molecule is CC(C)CC(CN(C)C)NCc1ccc(C(=O)O)c(F)c1. The molecule has 1 rings (SSSR count). The van der Waals surface area contributed by atoms with Crippen molar-refractivity contribution in [3.63, 3.8) is 0 Å². The van der Waals surface area contributed by atoms with E-state index in [0.29, 0.717) is 18.5 Å². The third kappa shape index (κ3) is 6.23. The molecule has 0 saturated heterocycles. The number of nitrogens with one attached hydrogen (secondary N) is 1. The molecule has 0 aliphatic carbocycles. The second-order valence-electron chi connectivity index (χ2n) is 6.09. The Bertz CT molecular complexity index is 465. The summed E-state index contributed by atoms with van der Waals surface area (Å²) in [7, 11) is 4.05. The lowest BCUT2D eigenvalue weighted by Crippen LogP contribution is -2.38. The first kappa shape index (κ1) is 17.6. The Morgan fingerprint density at radius 3 is 2.52 bits per heavy atom. The summed E-state index contributed by atoms with van der Waals surface area (Å²) in [5.74, 6) is -1.35. The maximum atomic E-state index is 13.6. The number of hydrogen-bond donors (Lipinski definition) is 2. The molecule has 0 aliphatic rings. The number of nitrogens with zero attached hydrogens (tertiary/aromatic N) is 1. The minimum Gasteiger partial charge on any atom is -0.478 e. The van der Waals surface area contributed by atoms with Crippen LogP contribution in [0.1, 0.15) is 36.2 Å². The summed E-state index contributed by atoms with van der Waals surface area (Å²) in [5.41, 5.74) is 0.468. The Morgan fingerprint density at radius 2 is 2.05 bits per heavy atom. The van der Waals surface area contributed by atoms with Gasteiger partial charge in [0.2, 0.25) is 0 Å². The van der Waals surface area contributed by atoms with Crippen LogP contribution in [0.4, 0.5) is 4.39 Å². The lowest BCUT2D eigenvalue weighted by Gasteiger charge is -2.24. The average Bonchev–Trinajstić information content (AvgIpc) is 2.34. The van der Waals surface area contributed by atoms with Gasteiger partial charge in [-0.1, -0.05) is 19.9 Å². The van der Waals surface area contributed by atoms with E-state index in [0.717, 1.165) is 18.5 Å². The minimum absolute atomic E-state index is 0.286. The number of benzene rings is 1. The molecule has 0 bridgehead atoms. The minimum atomic E-state index is -1.24. The highest BCUT2D eigenvalue weighted by Gasteiger charge is 2.13. The van der Waals surface area contributed by atoms with Crippen molar-refractivity contribution < 1.29 is 14.3 Å². The van der Waals surface area contributed by atoms with Crippen LogP contribution < -0.4 is 5.32 Å². The highest BCUT2D eigenvalue weighted by atomic mass is 19.1. The fourth-order valence-corrected chi connectivity index (χ4v) is 2.34. The van der Waals surface area contributed by atoms with Crippen LogP contribution in [-0.2, 0) is 6.54 Å². The van der Waals surface area contributed by atoms with Crippen molar-refractivity contribution in [2.45, 2.75) is 32.9 Å². The Kier molecular flexibility index (Phi) is 6.78. The smallest absolute Gasteiger partial charge is 0.338 e. The van der Waals surface area contributed by atoms with Gasteiger partial charge in [0.25, 0.3) is 0 Å². The lowest BCUT2D eigenvalue weighted by molar-refractivity contribution is 0.0692. The summed E-state index contributed by atoms with van der Waals surface area (Å²) in [6.45, 7) is 5.78. The molecule has 0 aliphatic heterocycles. The van der Waals surface area contributed by atoms with Gasteiger partial charge in [0, 0.05) is 19.1 Å². The van der Waals surface area contributed by atoms with Crippen molar-refractivity contribution >= 4 is 5.97 Å². The largest absolute Gasteiger partial charge is 0.478 e. The quantitative estimate of drug-likeness (QED) is 0.774. The van der Waals surface area contributed by atoms with Crippen LogP contribution in [0.3, 0.4) is 0 Å². The van der Waals surface area contributed by atoms with E-state index < -0.39 is 11.8 Å². The van der Waals surface area contributed by atoms with Crippen molar-refractivity contribution in [2.75, 3.05) is 20.6 Å². The highest BCUT2D eigenvalue weighted by molar-refractivity contribution is 5.87. The van der Waals surface area contributed by atoms with Crippen molar-refractivity contribution in [2.24, 2.45) is 5.92 Å². The monoisotopic (exact) mass is 296 g/mol. The fraction of sp³-hybridized carbons (Fsp3) is 0.562. The predicted molar refractivity (Wildman–Crippen MR) is 82.0 cm³/mol. The van der Waals surface area contributed by atoms with Crippen LogP contribution in [-0.4, -0.2) is 42.7 Å². The Morgan fingerprint density at radius 1 is 1.38 bits per heavy atom. The molecule has 0 heterocycles. The average molecular weight is 296 g/mol. The molecule has 2 N–H and O–H groups in total. The van der Waals surface area contributed by atoms with E-state index in [1.807, 2.05) is 14.1 Å². The highest BCUT2D eigenvalue weighted by Crippen LogP contribution is 2.12. The normalized spacial score (nSPS) is 12.9. The third-order valence-electron chi connectivity index (χ3n) is 3.20. The number of carboxylic acids is 1. The van der Waals surface area contributed by atoms with Gasteiger partial charge in [0.1, 0.15) is 5.82 Å². The second-order valence-corrected chi connectivity index (χ2v) is 6.09. The number of carbonyl (C=O) groups is 1. The number of carboxylic acid groups (broad SMARTS) is 1. The van der Waals surface area contributed by atoms with E-state index in [-0.39, 0.29) is 5.56 Å². The first-order valence-corrected chi connectivity index (χ1v) is 7.19. The van der Waals surface area contributed by atoms with Crippen molar-refractivity contribution in [3.8, 4) is 0 Å². The lowest BCUT2D eigenvalue weighted by atomic mass is 10.0. The van der Waals surface area contributed by atoms with Crippen molar-refractivity contribution in [3.05, 3.63) is 35.1 Å².